The Balaban J connectivity index is 2.22. The Labute approximate surface area is 133 Å². The van der Waals surface area contributed by atoms with E-state index in [1.54, 1.807) is 23.9 Å². The fourth-order valence-electron chi connectivity index (χ4n) is 2.00. The topological polar surface area (TPSA) is 34.1 Å². The lowest BCUT2D eigenvalue weighted by atomic mass is 9.99. The van der Waals surface area contributed by atoms with Gasteiger partial charge in [-0.2, -0.15) is 11.8 Å². The lowest BCUT2D eigenvalue weighted by molar-refractivity contribution is -0.119. The summed E-state index contributed by atoms with van der Waals surface area (Å²) in [5, 5.41) is 0.876. The molecule has 0 saturated heterocycles. The van der Waals surface area contributed by atoms with Crippen molar-refractivity contribution in [2.75, 3.05) is 5.75 Å². The average Bonchev–Trinajstić information content (AvgIpc) is 3.24. The summed E-state index contributed by atoms with van der Waals surface area (Å²) in [6.45, 7) is 2.04. The van der Waals surface area contributed by atoms with Gasteiger partial charge in [0.05, 0.1) is 16.5 Å². The van der Waals surface area contributed by atoms with Crippen LogP contribution in [0.15, 0.2) is 12.1 Å². The number of benzene rings is 1. The molecule has 0 unspecified atom stereocenters. The van der Waals surface area contributed by atoms with Gasteiger partial charge < -0.3 is 0 Å². The van der Waals surface area contributed by atoms with E-state index in [1.165, 1.54) is 0 Å². The van der Waals surface area contributed by atoms with Gasteiger partial charge in [-0.05, 0) is 36.3 Å². The van der Waals surface area contributed by atoms with Gasteiger partial charge in [-0.15, -0.1) is 0 Å². The summed E-state index contributed by atoms with van der Waals surface area (Å²) in [6, 6.07) is 3.31. The van der Waals surface area contributed by atoms with Crippen molar-refractivity contribution in [2.24, 2.45) is 5.92 Å². The van der Waals surface area contributed by atoms with E-state index in [4.69, 9.17) is 23.2 Å². The summed E-state index contributed by atoms with van der Waals surface area (Å²) in [5.74, 6) is 1.57. The zero-order chi connectivity index (χ0) is 14.7. The highest BCUT2D eigenvalue weighted by atomic mass is 35.5. The quantitative estimate of drug-likeness (QED) is 0.532. The van der Waals surface area contributed by atoms with Crippen LogP contribution in [0.3, 0.4) is 0 Å². The number of carbonyl (C=O) groups excluding carboxylic acids is 2. The highest BCUT2D eigenvalue weighted by Crippen LogP contribution is 2.34. The fourth-order valence-corrected chi connectivity index (χ4v) is 3.20. The van der Waals surface area contributed by atoms with E-state index in [-0.39, 0.29) is 23.9 Å². The molecule has 1 aromatic carbocycles. The minimum absolute atomic E-state index is 0.0214. The Hall–Kier alpha value is -0.510. The van der Waals surface area contributed by atoms with Crippen molar-refractivity contribution >= 4 is 46.5 Å². The van der Waals surface area contributed by atoms with Gasteiger partial charge in [0, 0.05) is 17.2 Å². The van der Waals surface area contributed by atoms with Crippen molar-refractivity contribution in [2.45, 2.75) is 31.9 Å². The van der Waals surface area contributed by atoms with Crippen molar-refractivity contribution in [1.29, 1.82) is 0 Å². The van der Waals surface area contributed by atoms with Gasteiger partial charge in [0.15, 0.2) is 5.78 Å². The summed E-state index contributed by atoms with van der Waals surface area (Å²) < 4.78 is 0. The van der Waals surface area contributed by atoms with Gasteiger partial charge in [-0.3, -0.25) is 9.59 Å². The van der Waals surface area contributed by atoms with E-state index in [2.05, 4.69) is 0 Å². The summed E-state index contributed by atoms with van der Waals surface area (Å²) in [6.07, 6.45) is 1.82. The van der Waals surface area contributed by atoms with Crippen LogP contribution in [0.25, 0.3) is 0 Å². The molecule has 0 radical (unpaired) electrons. The van der Waals surface area contributed by atoms with Gasteiger partial charge >= 0.3 is 0 Å². The van der Waals surface area contributed by atoms with Crippen LogP contribution in [-0.2, 0) is 10.5 Å². The highest BCUT2D eigenvalue weighted by molar-refractivity contribution is 7.98. The van der Waals surface area contributed by atoms with Gasteiger partial charge in [-0.1, -0.05) is 30.1 Å². The molecular weight excluding hydrogens is 315 g/mol. The average molecular weight is 331 g/mol. The predicted molar refractivity (Wildman–Crippen MR) is 85.0 cm³/mol. The number of Topliss-reactive ketones (excluding diaryl/α,β-unsaturated/α-hetero) is 2. The molecule has 2 nitrogen and oxygen atoms in total. The summed E-state index contributed by atoms with van der Waals surface area (Å²) >= 11 is 13.9. The van der Waals surface area contributed by atoms with Crippen LogP contribution in [0, 0.1) is 5.92 Å². The predicted octanol–water partition coefficient (Wildman–Crippen LogP) is 4.80. The van der Waals surface area contributed by atoms with Crippen molar-refractivity contribution in [3.63, 3.8) is 0 Å². The SMILES string of the molecule is CCSCc1c(C(=O)CC(=O)C2CC2)ccc(Cl)c1Cl. The molecule has 0 heterocycles. The molecule has 1 aliphatic carbocycles. The third-order valence-electron chi connectivity index (χ3n) is 3.31. The third-order valence-corrected chi connectivity index (χ3v) is 5.06. The summed E-state index contributed by atoms with van der Waals surface area (Å²) in [4.78, 5) is 24.1. The van der Waals surface area contributed by atoms with E-state index in [9.17, 15) is 9.59 Å². The Morgan fingerprint density at radius 3 is 2.60 bits per heavy atom. The molecule has 0 aliphatic heterocycles. The molecule has 5 heteroatoms. The van der Waals surface area contributed by atoms with E-state index in [1.807, 2.05) is 6.92 Å². The number of rotatable bonds is 7. The molecule has 0 amide bonds. The second-order valence-corrected chi connectivity index (χ2v) is 6.92. The maximum atomic E-state index is 12.3. The molecule has 108 valence electrons. The van der Waals surface area contributed by atoms with Crippen molar-refractivity contribution < 1.29 is 9.59 Å². The van der Waals surface area contributed by atoms with Crippen molar-refractivity contribution in [1.82, 2.24) is 0 Å². The number of hydrogen-bond acceptors (Lipinski definition) is 3. The standard InChI is InChI=1S/C15H16Cl2O2S/c1-2-20-8-11-10(5-6-12(16)15(11)17)14(19)7-13(18)9-3-4-9/h5-6,9H,2-4,7-8H2,1H3. The van der Waals surface area contributed by atoms with Crippen LogP contribution >= 0.6 is 35.0 Å². The molecule has 1 saturated carbocycles. The maximum absolute atomic E-state index is 12.3. The first-order valence-corrected chi connectivity index (χ1v) is 8.56. The fraction of sp³-hybridized carbons (Fsp3) is 0.467. The van der Waals surface area contributed by atoms with Crippen LogP contribution < -0.4 is 0 Å². The third kappa shape index (κ3) is 3.78. The molecule has 0 N–H and O–H groups in total. The second-order valence-electron chi connectivity index (χ2n) is 4.87. The molecule has 0 bridgehead atoms. The van der Waals surface area contributed by atoms with E-state index in [0.29, 0.717) is 21.4 Å². The first-order valence-electron chi connectivity index (χ1n) is 6.65. The Morgan fingerprint density at radius 1 is 1.30 bits per heavy atom. The van der Waals surface area contributed by atoms with Crippen LogP contribution in [0.1, 0.15) is 42.1 Å². The van der Waals surface area contributed by atoms with Gasteiger partial charge in [-0.25, -0.2) is 0 Å². The Morgan fingerprint density at radius 2 is 2.00 bits per heavy atom. The van der Waals surface area contributed by atoms with Crippen molar-refractivity contribution in [3.8, 4) is 0 Å². The van der Waals surface area contributed by atoms with Crippen LogP contribution in [0.2, 0.25) is 10.0 Å². The molecule has 1 aliphatic rings. The molecule has 1 fully saturated rings. The van der Waals surface area contributed by atoms with E-state index < -0.39 is 0 Å². The number of carbonyl (C=O) groups is 2. The van der Waals surface area contributed by atoms with Crippen LogP contribution in [-0.4, -0.2) is 17.3 Å². The lowest BCUT2D eigenvalue weighted by Gasteiger charge is -2.11. The molecule has 0 spiro atoms. The molecule has 1 aromatic rings. The normalized spacial score (nSPS) is 14.3. The van der Waals surface area contributed by atoms with E-state index >= 15 is 0 Å². The number of hydrogen-bond donors (Lipinski definition) is 0. The van der Waals surface area contributed by atoms with Crippen LogP contribution in [0.5, 0.6) is 0 Å². The molecule has 0 atom stereocenters. The molecule has 2 rings (SSSR count). The molecule has 0 aromatic heterocycles. The minimum Gasteiger partial charge on any atom is -0.299 e. The second kappa shape index (κ2) is 6.97. The summed E-state index contributed by atoms with van der Waals surface area (Å²) in [7, 11) is 0. The number of ketones is 2. The summed E-state index contributed by atoms with van der Waals surface area (Å²) in [5.41, 5.74) is 1.29. The van der Waals surface area contributed by atoms with Gasteiger partial charge in [0.2, 0.25) is 0 Å². The molecule has 20 heavy (non-hydrogen) atoms. The Kier molecular flexibility index (Phi) is 5.53. The van der Waals surface area contributed by atoms with Crippen molar-refractivity contribution in [3.05, 3.63) is 33.3 Å². The largest absolute Gasteiger partial charge is 0.299 e. The zero-order valence-electron chi connectivity index (χ0n) is 11.2. The minimum atomic E-state index is -0.146. The first kappa shape index (κ1) is 15.9. The smallest absolute Gasteiger partial charge is 0.170 e. The van der Waals surface area contributed by atoms with Crippen LogP contribution in [0.4, 0.5) is 0 Å². The van der Waals surface area contributed by atoms with Gasteiger partial charge in [0.1, 0.15) is 5.78 Å². The maximum Gasteiger partial charge on any atom is 0.170 e. The number of thioether (sulfide) groups is 1. The van der Waals surface area contributed by atoms with Gasteiger partial charge in [0.25, 0.3) is 0 Å². The highest BCUT2D eigenvalue weighted by Gasteiger charge is 2.31. The van der Waals surface area contributed by atoms with E-state index in [0.717, 1.165) is 24.2 Å². The molecular formula is C15H16Cl2O2S. The zero-order valence-corrected chi connectivity index (χ0v) is 13.6. The Bertz CT molecular complexity index is 539. The lowest BCUT2D eigenvalue weighted by Crippen LogP contribution is -2.12. The monoisotopic (exact) mass is 330 g/mol. The first-order chi connectivity index (χ1) is 9.54. The number of halogens is 2.